The second-order valence-electron chi connectivity index (χ2n) is 6.93. The molecular formula is C21H28N4O2. The van der Waals surface area contributed by atoms with E-state index in [1.807, 2.05) is 33.0 Å². The molecule has 0 radical (unpaired) electrons. The molecule has 144 valence electrons. The van der Waals surface area contributed by atoms with E-state index in [1.54, 1.807) is 17.3 Å². The number of urea groups is 1. The van der Waals surface area contributed by atoms with Gasteiger partial charge < -0.3 is 19.9 Å². The van der Waals surface area contributed by atoms with Crippen LogP contribution in [0.1, 0.15) is 37.1 Å². The van der Waals surface area contributed by atoms with Crippen molar-refractivity contribution in [3.8, 4) is 0 Å². The first-order valence-electron chi connectivity index (χ1n) is 9.42. The van der Waals surface area contributed by atoms with Crippen molar-refractivity contribution in [3.05, 3.63) is 59.9 Å². The zero-order valence-electron chi connectivity index (χ0n) is 16.3. The first-order chi connectivity index (χ1) is 13.1. The van der Waals surface area contributed by atoms with E-state index in [-0.39, 0.29) is 18.1 Å². The number of rotatable bonds is 5. The number of hydrogen-bond donors (Lipinski definition) is 1. The van der Waals surface area contributed by atoms with Crippen LogP contribution in [0.15, 0.2) is 48.8 Å². The Morgan fingerprint density at radius 2 is 1.70 bits per heavy atom. The summed E-state index contributed by atoms with van der Waals surface area (Å²) in [6.45, 7) is 7.41. The average Bonchev–Trinajstić information content (AvgIpc) is 2.74. The zero-order valence-corrected chi connectivity index (χ0v) is 16.3. The third-order valence-corrected chi connectivity index (χ3v) is 5.20. The summed E-state index contributed by atoms with van der Waals surface area (Å²) in [5.41, 5.74) is 3.35. The molecule has 3 rings (SSSR count). The first-order valence-corrected chi connectivity index (χ1v) is 9.42. The van der Waals surface area contributed by atoms with Crippen molar-refractivity contribution in [3.63, 3.8) is 0 Å². The summed E-state index contributed by atoms with van der Waals surface area (Å²) >= 11 is 0. The fourth-order valence-corrected chi connectivity index (χ4v) is 3.21. The van der Waals surface area contributed by atoms with Crippen LogP contribution >= 0.6 is 0 Å². The van der Waals surface area contributed by atoms with Crippen molar-refractivity contribution in [1.29, 1.82) is 0 Å². The highest BCUT2D eigenvalue weighted by molar-refractivity contribution is 5.75. The van der Waals surface area contributed by atoms with Gasteiger partial charge in [0.25, 0.3) is 0 Å². The summed E-state index contributed by atoms with van der Waals surface area (Å²) in [6.07, 6.45) is 3.49. The van der Waals surface area contributed by atoms with Gasteiger partial charge in [-0.2, -0.15) is 0 Å². The van der Waals surface area contributed by atoms with Gasteiger partial charge in [-0.1, -0.05) is 12.1 Å². The molecule has 1 aromatic carbocycles. The molecule has 6 nitrogen and oxygen atoms in total. The Balaban J connectivity index is 1.59. The predicted octanol–water partition coefficient (Wildman–Crippen LogP) is 3.38. The molecule has 2 atom stereocenters. The first kappa shape index (κ1) is 19.2. The molecule has 2 heterocycles. The van der Waals surface area contributed by atoms with Gasteiger partial charge in [0.1, 0.15) is 0 Å². The van der Waals surface area contributed by atoms with E-state index in [4.69, 9.17) is 4.74 Å². The summed E-state index contributed by atoms with van der Waals surface area (Å²) in [5, 5.41) is 3.08. The molecule has 1 aromatic heterocycles. The molecule has 6 heteroatoms. The molecule has 0 saturated carbocycles. The minimum absolute atomic E-state index is 0.0242. The van der Waals surface area contributed by atoms with Gasteiger partial charge in [-0.15, -0.1) is 0 Å². The highest BCUT2D eigenvalue weighted by Gasteiger charge is 2.19. The van der Waals surface area contributed by atoms with Crippen LogP contribution in [0.4, 0.5) is 10.5 Å². The van der Waals surface area contributed by atoms with Gasteiger partial charge in [0.2, 0.25) is 0 Å². The van der Waals surface area contributed by atoms with Crippen LogP contribution in [0.2, 0.25) is 0 Å². The molecule has 1 fully saturated rings. The minimum atomic E-state index is -0.0935. The van der Waals surface area contributed by atoms with Crippen LogP contribution in [-0.2, 0) is 4.74 Å². The van der Waals surface area contributed by atoms with Crippen LogP contribution in [0.3, 0.4) is 0 Å². The van der Waals surface area contributed by atoms with E-state index in [9.17, 15) is 4.79 Å². The molecule has 2 amide bonds. The Morgan fingerprint density at radius 3 is 2.33 bits per heavy atom. The summed E-state index contributed by atoms with van der Waals surface area (Å²) in [7, 11) is 1.81. The van der Waals surface area contributed by atoms with Gasteiger partial charge in [0.15, 0.2) is 0 Å². The van der Waals surface area contributed by atoms with Crippen molar-refractivity contribution in [2.75, 3.05) is 38.3 Å². The van der Waals surface area contributed by atoms with Crippen LogP contribution in [0.5, 0.6) is 0 Å². The molecule has 0 aliphatic carbocycles. The lowest BCUT2D eigenvalue weighted by Gasteiger charge is -2.29. The number of morpholine rings is 1. The number of nitrogens with zero attached hydrogens (tertiary/aromatic N) is 3. The normalized spacial score (nSPS) is 16.5. The largest absolute Gasteiger partial charge is 0.378 e. The maximum atomic E-state index is 12.6. The smallest absolute Gasteiger partial charge is 0.318 e. The molecule has 1 aliphatic heterocycles. The highest BCUT2D eigenvalue weighted by Crippen LogP contribution is 2.22. The molecule has 0 bridgehead atoms. The Kier molecular flexibility index (Phi) is 6.29. The topological polar surface area (TPSA) is 57.7 Å². The van der Waals surface area contributed by atoms with Gasteiger partial charge in [0.05, 0.1) is 25.3 Å². The van der Waals surface area contributed by atoms with Gasteiger partial charge in [-0.05, 0) is 49.2 Å². The van der Waals surface area contributed by atoms with Crippen LogP contribution in [-0.4, -0.2) is 49.3 Å². The number of carbonyl (C=O) groups excluding carboxylic acids is 1. The SMILES string of the molecule is CC(NC(=O)N(C)C(C)c1ccncc1)c1ccc(N2CCOCC2)cc1. The average molecular weight is 368 g/mol. The summed E-state index contributed by atoms with van der Waals surface area (Å²) in [4.78, 5) is 20.7. The highest BCUT2D eigenvalue weighted by atomic mass is 16.5. The van der Waals surface area contributed by atoms with E-state index in [2.05, 4.69) is 39.5 Å². The second-order valence-corrected chi connectivity index (χ2v) is 6.93. The fraction of sp³-hybridized carbons (Fsp3) is 0.429. The Bertz CT molecular complexity index is 730. The number of anilines is 1. The van der Waals surface area contributed by atoms with Crippen LogP contribution in [0, 0.1) is 0 Å². The number of ether oxygens (including phenoxy) is 1. The number of hydrogen-bond acceptors (Lipinski definition) is 4. The number of aromatic nitrogens is 1. The van der Waals surface area contributed by atoms with E-state index in [1.165, 1.54) is 5.69 Å². The van der Waals surface area contributed by atoms with E-state index in [0.717, 1.165) is 37.4 Å². The number of amides is 2. The van der Waals surface area contributed by atoms with Gasteiger partial charge in [0, 0.05) is 38.2 Å². The number of pyridine rings is 1. The summed E-state index contributed by atoms with van der Waals surface area (Å²) in [6, 6.07) is 12.1. The minimum Gasteiger partial charge on any atom is -0.378 e. The second kappa shape index (κ2) is 8.86. The lowest BCUT2D eigenvalue weighted by molar-refractivity contribution is 0.122. The lowest BCUT2D eigenvalue weighted by Crippen LogP contribution is -2.40. The molecule has 0 spiro atoms. The third kappa shape index (κ3) is 4.77. The van der Waals surface area contributed by atoms with Crippen molar-refractivity contribution in [1.82, 2.24) is 15.2 Å². The van der Waals surface area contributed by atoms with Gasteiger partial charge in [-0.3, -0.25) is 4.98 Å². The van der Waals surface area contributed by atoms with Crippen molar-refractivity contribution in [2.45, 2.75) is 25.9 Å². The van der Waals surface area contributed by atoms with Crippen molar-refractivity contribution in [2.24, 2.45) is 0 Å². The number of benzene rings is 1. The van der Waals surface area contributed by atoms with E-state index >= 15 is 0 Å². The quantitative estimate of drug-likeness (QED) is 0.879. The maximum Gasteiger partial charge on any atom is 0.318 e. The van der Waals surface area contributed by atoms with Crippen molar-refractivity contribution < 1.29 is 9.53 Å². The standard InChI is InChI=1S/C21H28N4O2/c1-16(18-4-6-20(7-5-18)25-12-14-27-15-13-25)23-21(26)24(3)17(2)19-8-10-22-11-9-19/h4-11,16-17H,12-15H2,1-3H3,(H,23,26). The Hall–Kier alpha value is -2.60. The predicted molar refractivity (Wildman–Crippen MR) is 107 cm³/mol. The molecule has 2 unspecified atom stereocenters. The van der Waals surface area contributed by atoms with E-state index in [0.29, 0.717) is 0 Å². The van der Waals surface area contributed by atoms with Gasteiger partial charge >= 0.3 is 6.03 Å². The van der Waals surface area contributed by atoms with E-state index < -0.39 is 0 Å². The molecule has 1 aliphatic rings. The summed E-state index contributed by atoms with van der Waals surface area (Å²) in [5.74, 6) is 0. The van der Waals surface area contributed by atoms with Crippen molar-refractivity contribution >= 4 is 11.7 Å². The molecule has 27 heavy (non-hydrogen) atoms. The molecular weight excluding hydrogens is 340 g/mol. The Morgan fingerprint density at radius 1 is 1.07 bits per heavy atom. The fourth-order valence-electron chi connectivity index (χ4n) is 3.21. The zero-order chi connectivity index (χ0) is 19.2. The monoisotopic (exact) mass is 368 g/mol. The van der Waals surface area contributed by atoms with Gasteiger partial charge in [-0.25, -0.2) is 4.79 Å². The number of carbonyl (C=O) groups is 1. The van der Waals surface area contributed by atoms with Crippen LogP contribution in [0.25, 0.3) is 0 Å². The molecule has 1 N–H and O–H groups in total. The summed E-state index contributed by atoms with van der Waals surface area (Å²) < 4.78 is 5.40. The third-order valence-electron chi connectivity index (χ3n) is 5.20. The lowest BCUT2D eigenvalue weighted by atomic mass is 10.1. The maximum absolute atomic E-state index is 12.6. The van der Waals surface area contributed by atoms with Crippen LogP contribution < -0.4 is 10.2 Å². The molecule has 1 saturated heterocycles. The Labute approximate surface area is 161 Å². The molecule has 2 aromatic rings. The number of nitrogens with one attached hydrogen (secondary N) is 1.